The molecule has 0 spiro atoms. The van der Waals surface area contributed by atoms with Gasteiger partial charge in [-0.15, -0.1) is 11.8 Å². The van der Waals surface area contributed by atoms with E-state index in [1.54, 1.807) is 25.1 Å². The molecule has 0 bridgehead atoms. The Labute approximate surface area is 212 Å². The van der Waals surface area contributed by atoms with Crippen molar-refractivity contribution in [2.45, 2.75) is 59.2 Å². The summed E-state index contributed by atoms with van der Waals surface area (Å²) in [6, 6.07) is 4.29. The van der Waals surface area contributed by atoms with Gasteiger partial charge in [0.15, 0.2) is 0 Å². The summed E-state index contributed by atoms with van der Waals surface area (Å²) in [5.74, 6) is -1.38. The zero-order valence-corrected chi connectivity index (χ0v) is 22.1. The van der Waals surface area contributed by atoms with E-state index in [0.717, 1.165) is 11.8 Å². The number of benzene rings is 1. The van der Waals surface area contributed by atoms with E-state index in [1.807, 2.05) is 34.6 Å². The predicted octanol–water partition coefficient (Wildman–Crippen LogP) is 5.06. The summed E-state index contributed by atoms with van der Waals surface area (Å²) in [6.07, 6.45) is -4.36. The van der Waals surface area contributed by atoms with Crippen molar-refractivity contribution >= 4 is 40.2 Å². The van der Waals surface area contributed by atoms with Crippen LogP contribution in [-0.2, 0) is 15.2 Å². The molecular weight excluding hydrogens is 500 g/mol. The lowest BCUT2D eigenvalue weighted by Gasteiger charge is -2.23. The molecule has 12 heteroatoms. The van der Waals surface area contributed by atoms with E-state index >= 15 is 0 Å². The lowest BCUT2D eigenvalue weighted by atomic mass is 9.84. The minimum atomic E-state index is -4.36. The molecule has 1 heterocycles. The number of nitrogens with one attached hydrogen (secondary N) is 2. The summed E-state index contributed by atoms with van der Waals surface area (Å²) in [6.45, 7) is 10.4. The van der Waals surface area contributed by atoms with Crippen molar-refractivity contribution in [3.05, 3.63) is 35.0 Å². The van der Waals surface area contributed by atoms with Crippen LogP contribution in [0.4, 0.5) is 23.4 Å². The van der Waals surface area contributed by atoms with Gasteiger partial charge in [-0.2, -0.15) is 13.2 Å². The van der Waals surface area contributed by atoms with Crippen molar-refractivity contribution < 1.29 is 32.2 Å². The smallest absolute Gasteiger partial charge is 0.376 e. The molecule has 0 saturated heterocycles. The van der Waals surface area contributed by atoms with Gasteiger partial charge in [-0.25, -0.2) is 9.78 Å². The monoisotopic (exact) mass is 534 g/mol. The van der Waals surface area contributed by atoms with Crippen LogP contribution >= 0.6 is 11.8 Å². The van der Waals surface area contributed by atoms with Gasteiger partial charge in [-0.05, 0) is 41.7 Å². The van der Waals surface area contributed by atoms with Gasteiger partial charge in [-0.1, -0.05) is 34.6 Å². The first-order valence-corrected chi connectivity index (χ1v) is 12.6. The summed E-state index contributed by atoms with van der Waals surface area (Å²) in [7, 11) is 0. The number of halogens is 4. The van der Waals surface area contributed by atoms with Crippen molar-refractivity contribution in [1.82, 2.24) is 10.3 Å². The van der Waals surface area contributed by atoms with Gasteiger partial charge < -0.3 is 16.4 Å². The molecule has 0 aliphatic carbocycles. The normalized spacial score (nSPS) is 12.4. The van der Waals surface area contributed by atoms with Crippen molar-refractivity contribution in [3.8, 4) is 0 Å². The number of anilines is 1. The van der Waals surface area contributed by atoms with Crippen LogP contribution in [0.5, 0.6) is 0 Å². The highest BCUT2D eigenvalue weighted by atomic mass is 32.2. The maximum Gasteiger partial charge on any atom is 0.405 e. The first kappa shape index (κ1) is 31.4. The molecule has 0 saturated carbocycles. The second-order valence-electron chi connectivity index (χ2n) is 8.90. The van der Waals surface area contributed by atoms with E-state index in [9.17, 15) is 27.3 Å². The molecule has 36 heavy (non-hydrogen) atoms. The van der Waals surface area contributed by atoms with E-state index < -0.39 is 36.1 Å². The largest absolute Gasteiger partial charge is 0.405 e. The number of thioether (sulfide) groups is 1. The number of hydrogen-bond acceptors (Lipinski definition) is 7. The highest BCUT2D eigenvalue weighted by Gasteiger charge is 2.27. The van der Waals surface area contributed by atoms with Crippen LogP contribution in [0.2, 0.25) is 0 Å². The number of aromatic nitrogens is 1. The highest BCUT2D eigenvalue weighted by Crippen LogP contribution is 2.34. The minimum absolute atomic E-state index is 0.0989. The van der Waals surface area contributed by atoms with Crippen molar-refractivity contribution in [3.63, 3.8) is 0 Å². The van der Waals surface area contributed by atoms with Gasteiger partial charge in [0, 0.05) is 33.9 Å². The van der Waals surface area contributed by atoms with E-state index in [1.165, 1.54) is 0 Å². The lowest BCUT2D eigenvalue weighted by Crippen LogP contribution is -2.39. The van der Waals surface area contributed by atoms with Crippen LogP contribution in [0.1, 0.15) is 56.2 Å². The minimum Gasteiger partial charge on any atom is -0.376 e. The number of carbonyl (C=O) groups is 2. The van der Waals surface area contributed by atoms with Gasteiger partial charge in [-0.3, -0.25) is 9.74 Å². The number of aryl methyl sites for hydroxylation is 1. The quantitative estimate of drug-likeness (QED) is 0.386. The van der Waals surface area contributed by atoms with E-state index in [2.05, 4.69) is 20.6 Å². The maximum atomic E-state index is 12.7. The van der Waals surface area contributed by atoms with Crippen molar-refractivity contribution in [2.24, 2.45) is 5.73 Å². The number of alkyl halides is 3. The topological polar surface area (TPSA) is 106 Å². The molecule has 0 aliphatic rings. The van der Waals surface area contributed by atoms with Gasteiger partial charge in [0.1, 0.15) is 12.2 Å². The average Bonchev–Trinajstić information content (AvgIpc) is 2.80. The molecular formula is C24H34F4N4O3S. The third kappa shape index (κ3) is 9.81. The molecule has 0 radical (unpaired) electrons. The Morgan fingerprint density at radius 2 is 1.81 bits per heavy atom. The summed E-state index contributed by atoms with van der Waals surface area (Å²) in [4.78, 5) is 31.1. The zero-order chi connectivity index (χ0) is 27.7. The zero-order valence-electron chi connectivity index (χ0n) is 21.3. The van der Waals surface area contributed by atoms with Crippen LogP contribution < -0.4 is 16.4 Å². The first-order valence-electron chi connectivity index (χ1n) is 11.4. The van der Waals surface area contributed by atoms with Crippen LogP contribution in [-0.4, -0.2) is 53.7 Å². The van der Waals surface area contributed by atoms with Crippen LogP contribution in [0.25, 0.3) is 10.9 Å². The Hall–Kier alpha value is -2.60. The predicted molar refractivity (Wildman–Crippen MR) is 136 cm³/mol. The van der Waals surface area contributed by atoms with Gasteiger partial charge in [0.05, 0.1) is 11.3 Å². The van der Waals surface area contributed by atoms with Crippen LogP contribution in [0, 0.1) is 6.92 Å². The first-order chi connectivity index (χ1) is 16.7. The number of hydrogen-bond donors (Lipinski definition) is 3. The Morgan fingerprint density at radius 1 is 1.17 bits per heavy atom. The van der Waals surface area contributed by atoms with E-state index in [0.29, 0.717) is 33.5 Å². The molecule has 2 rings (SSSR count). The van der Waals surface area contributed by atoms with Crippen LogP contribution in [0.15, 0.2) is 18.2 Å². The lowest BCUT2D eigenvalue weighted by molar-refractivity contribution is -0.179. The molecule has 2 aromatic rings. The Morgan fingerprint density at radius 3 is 2.36 bits per heavy atom. The summed E-state index contributed by atoms with van der Waals surface area (Å²) in [5, 5.41) is 5.74. The fraction of sp³-hybridized carbons (Fsp3) is 0.542. The van der Waals surface area contributed by atoms with Gasteiger partial charge in [0.2, 0.25) is 0 Å². The van der Waals surface area contributed by atoms with E-state index in [-0.39, 0.29) is 18.0 Å². The molecule has 7 nitrogen and oxygen atoms in total. The Balaban J connectivity index is 0.00000316. The number of pyridine rings is 1. The summed E-state index contributed by atoms with van der Waals surface area (Å²) < 4.78 is 49.8. The van der Waals surface area contributed by atoms with Gasteiger partial charge >= 0.3 is 12.1 Å². The molecule has 0 aliphatic heterocycles. The SMILES string of the molecule is CC.Cc1cc(C(=O)NCC(N)CSCC(=O)OF)nc2c(C(C)(C)C)cc(NCC(F)(F)F)cc12. The fourth-order valence-corrected chi connectivity index (χ4v) is 3.92. The number of nitrogens with two attached hydrogens (primary N) is 1. The molecule has 202 valence electrons. The molecule has 1 atom stereocenters. The second kappa shape index (κ2) is 13.6. The second-order valence-corrected chi connectivity index (χ2v) is 9.93. The van der Waals surface area contributed by atoms with Gasteiger partial charge in [0.25, 0.3) is 5.91 Å². The molecule has 1 aromatic carbocycles. The van der Waals surface area contributed by atoms with Crippen LogP contribution in [0.3, 0.4) is 0 Å². The summed E-state index contributed by atoms with van der Waals surface area (Å²) in [5.41, 5.74) is 7.83. The Bertz CT molecular complexity index is 1040. The molecule has 0 fully saturated rings. The summed E-state index contributed by atoms with van der Waals surface area (Å²) >= 11 is 1.07. The molecule has 4 N–H and O–H groups in total. The molecule has 1 unspecified atom stereocenters. The number of amides is 1. The number of carbonyl (C=O) groups excluding carboxylic acids is 2. The number of rotatable bonds is 9. The molecule has 1 amide bonds. The third-order valence-electron chi connectivity index (χ3n) is 4.82. The number of nitrogens with zero attached hydrogens (tertiary/aromatic N) is 1. The van der Waals surface area contributed by atoms with E-state index in [4.69, 9.17) is 5.73 Å². The fourth-order valence-electron chi connectivity index (χ4n) is 3.17. The molecule has 1 aromatic heterocycles. The van der Waals surface area contributed by atoms with Crippen molar-refractivity contribution in [2.75, 3.05) is 29.9 Å². The average molecular weight is 535 g/mol. The highest BCUT2D eigenvalue weighted by molar-refractivity contribution is 7.99. The standard InChI is InChI=1S/C22H28F4N4O3S.C2H6/c1-12-5-17(20(32)28-8-13(27)9-34-10-18(31)33-26)30-19-15(12)6-14(29-11-22(23,24)25)7-16(19)21(2,3)4;1-2/h5-7,13,29H,8-11,27H2,1-4H3,(H,28,32);1-2H3. The third-order valence-corrected chi connectivity index (χ3v) is 5.92. The van der Waals surface area contributed by atoms with Crippen molar-refractivity contribution in [1.29, 1.82) is 0 Å². The maximum absolute atomic E-state index is 12.7. The number of fused-ring (bicyclic) bond motifs is 1. The Kier molecular flexibility index (Phi) is 11.9.